The van der Waals surface area contributed by atoms with Gasteiger partial charge in [0.25, 0.3) is 0 Å². The van der Waals surface area contributed by atoms with Crippen LogP contribution in [0.5, 0.6) is 0 Å². The Kier molecular flexibility index (Phi) is 73.6. The van der Waals surface area contributed by atoms with E-state index in [2.05, 4.69) is 88.5 Å². The van der Waals surface area contributed by atoms with Crippen LogP contribution in [0, 0.1) is 0 Å². The first-order valence-corrected chi connectivity index (χ1v) is 44.5. The molecular weight excluding hydrogens is 1330 g/mol. The molecule has 19 heteroatoms. The molecule has 0 aromatic rings. The van der Waals surface area contributed by atoms with Gasteiger partial charge in [0, 0.05) is 25.7 Å². The molecule has 0 aromatic heterocycles. The number of rotatable bonds is 79. The summed E-state index contributed by atoms with van der Waals surface area (Å²) < 4.78 is 68.7. The van der Waals surface area contributed by atoms with Crippen molar-refractivity contribution in [3.05, 3.63) is 60.8 Å². The molecule has 596 valence electrons. The van der Waals surface area contributed by atoms with Gasteiger partial charge < -0.3 is 33.8 Å². The summed E-state index contributed by atoms with van der Waals surface area (Å²) in [5.41, 5.74) is 0. The predicted octanol–water partition coefficient (Wildman–Crippen LogP) is 24.2. The van der Waals surface area contributed by atoms with Crippen molar-refractivity contribution in [2.45, 2.75) is 406 Å². The lowest BCUT2D eigenvalue weighted by Crippen LogP contribution is -2.30. The highest BCUT2D eigenvalue weighted by molar-refractivity contribution is 7.47. The standard InChI is InChI=1S/C83H152O17P2/c1-5-9-13-17-21-25-29-33-36-37-38-39-42-45-48-52-56-60-64-68-81(86)94-74-79(100-83(88)70-66-62-58-54-50-46-41-35-31-27-23-19-15-11-7-3)76-98-102(91,92)96-72-77(84)71-95-101(89,90)97-75-78(99-82(87)69-65-61-57-53-49-43-32-28-24-20-16-12-8-4)73-93-80(85)67-63-59-55-51-47-44-40-34-30-26-22-18-14-10-6-2/h9,13,21,25,33,36,38-39,45,48,77-79,84H,5-8,10-12,14-20,22-24,26-32,34-35,37,40-44,46-47,49-76H2,1-4H3,(H,89,90)(H,91,92)/b13-9-,25-21-,36-33-,39-38-,48-45-/t77-,78+,79+/m0/s1. The molecule has 102 heavy (non-hydrogen) atoms. The van der Waals surface area contributed by atoms with Gasteiger partial charge in [0.1, 0.15) is 19.3 Å². The highest BCUT2D eigenvalue weighted by Crippen LogP contribution is 2.45. The van der Waals surface area contributed by atoms with Crippen molar-refractivity contribution in [3.8, 4) is 0 Å². The molecule has 0 heterocycles. The van der Waals surface area contributed by atoms with Crippen LogP contribution in [0.1, 0.15) is 387 Å². The molecule has 0 saturated carbocycles. The monoisotopic (exact) mass is 1480 g/mol. The van der Waals surface area contributed by atoms with Gasteiger partial charge in [0.2, 0.25) is 0 Å². The van der Waals surface area contributed by atoms with Gasteiger partial charge in [-0.05, 0) is 70.6 Å². The minimum absolute atomic E-state index is 0.0941. The Hall–Kier alpha value is -3.24. The number of carbonyl (C=O) groups excluding carboxylic acids is 4. The second kappa shape index (κ2) is 76.0. The highest BCUT2D eigenvalue weighted by atomic mass is 31.2. The zero-order chi connectivity index (χ0) is 74.6. The third-order valence-electron chi connectivity index (χ3n) is 18.0. The fourth-order valence-electron chi connectivity index (χ4n) is 11.7. The van der Waals surface area contributed by atoms with Gasteiger partial charge in [-0.1, -0.05) is 352 Å². The van der Waals surface area contributed by atoms with E-state index in [0.29, 0.717) is 25.7 Å². The number of aliphatic hydroxyl groups excluding tert-OH is 1. The number of carbonyl (C=O) groups is 4. The average molecular weight is 1480 g/mol. The Morgan fingerprint density at radius 1 is 0.284 bits per heavy atom. The predicted molar refractivity (Wildman–Crippen MR) is 418 cm³/mol. The van der Waals surface area contributed by atoms with Gasteiger partial charge in [-0.25, -0.2) is 9.13 Å². The molecule has 5 atom stereocenters. The van der Waals surface area contributed by atoms with Crippen LogP contribution in [-0.4, -0.2) is 96.7 Å². The number of hydrogen-bond acceptors (Lipinski definition) is 15. The summed E-state index contributed by atoms with van der Waals surface area (Å²) in [5.74, 6) is -2.17. The normalized spacial score (nSPS) is 14.1. The fourth-order valence-corrected chi connectivity index (χ4v) is 13.3. The molecular formula is C83H152O17P2. The molecule has 0 amide bonds. The Labute approximate surface area is 622 Å². The van der Waals surface area contributed by atoms with Crippen LogP contribution >= 0.6 is 15.6 Å². The maximum absolute atomic E-state index is 13.1. The molecule has 0 radical (unpaired) electrons. The van der Waals surface area contributed by atoms with E-state index in [4.69, 9.17) is 37.0 Å². The summed E-state index contributed by atoms with van der Waals surface area (Å²) in [6, 6.07) is 0. The molecule has 0 spiro atoms. The van der Waals surface area contributed by atoms with E-state index in [9.17, 15) is 43.2 Å². The third-order valence-corrected chi connectivity index (χ3v) is 19.9. The minimum atomic E-state index is -4.98. The van der Waals surface area contributed by atoms with E-state index in [1.54, 1.807) is 0 Å². The van der Waals surface area contributed by atoms with Gasteiger partial charge >= 0.3 is 39.5 Å². The molecule has 3 N–H and O–H groups in total. The van der Waals surface area contributed by atoms with Gasteiger partial charge in [0.15, 0.2) is 12.2 Å². The van der Waals surface area contributed by atoms with Crippen molar-refractivity contribution < 1.29 is 80.2 Å². The number of phosphoric acid groups is 2. The van der Waals surface area contributed by atoms with E-state index < -0.39 is 97.5 Å². The van der Waals surface area contributed by atoms with Crippen LogP contribution in [0.4, 0.5) is 0 Å². The molecule has 0 aliphatic rings. The SMILES string of the molecule is CC/C=C\C/C=C\C/C=C\C/C=C\C/C=C\CCCCCC(=O)OC[C@H](COP(=O)(O)OC[C@@H](O)COP(=O)(O)OC[C@@H](COC(=O)CCCCCCCCCCCCCCCCC)OC(=O)CCCCCCCCCCCCCCC)OC(=O)CCCCCCCCCCCCCCCCC. The molecule has 17 nitrogen and oxygen atoms in total. The van der Waals surface area contributed by atoms with Gasteiger partial charge in [-0.2, -0.15) is 0 Å². The second-order valence-electron chi connectivity index (χ2n) is 28.1. The number of allylic oxidation sites excluding steroid dienone is 10. The summed E-state index contributed by atoms with van der Waals surface area (Å²) in [7, 11) is -9.94. The fraction of sp³-hybridized carbons (Fsp3) is 0.831. The summed E-state index contributed by atoms with van der Waals surface area (Å²) in [6.07, 6.45) is 76.1. The van der Waals surface area contributed by atoms with Crippen LogP contribution < -0.4 is 0 Å². The first-order valence-electron chi connectivity index (χ1n) is 41.5. The Morgan fingerprint density at radius 3 is 0.784 bits per heavy atom. The molecule has 2 unspecified atom stereocenters. The number of esters is 4. The van der Waals surface area contributed by atoms with E-state index in [-0.39, 0.29) is 25.7 Å². The number of unbranched alkanes of at least 4 members (excludes halogenated alkanes) is 43. The van der Waals surface area contributed by atoms with E-state index in [0.717, 1.165) is 122 Å². The van der Waals surface area contributed by atoms with Gasteiger partial charge in [-0.15, -0.1) is 0 Å². The average Bonchev–Trinajstić information content (AvgIpc) is 0.924. The van der Waals surface area contributed by atoms with Crippen molar-refractivity contribution in [2.75, 3.05) is 39.6 Å². The molecule has 0 bridgehead atoms. The Bertz CT molecular complexity index is 2170. The van der Waals surface area contributed by atoms with Crippen LogP contribution in [0.25, 0.3) is 0 Å². The van der Waals surface area contributed by atoms with Crippen LogP contribution in [-0.2, 0) is 65.4 Å². The van der Waals surface area contributed by atoms with Crippen molar-refractivity contribution in [3.63, 3.8) is 0 Å². The molecule has 0 rings (SSSR count). The highest BCUT2D eigenvalue weighted by Gasteiger charge is 2.30. The lowest BCUT2D eigenvalue weighted by atomic mass is 10.0. The summed E-state index contributed by atoms with van der Waals surface area (Å²) in [6.45, 7) is 4.83. The summed E-state index contributed by atoms with van der Waals surface area (Å²) in [4.78, 5) is 73.1. The number of hydrogen-bond donors (Lipinski definition) is 3. The lowest BCUT2D eigenvalue weighted by molar-refractivity contribution is -0.161. The largest absolute Gasteiger partial charge is 0.472 e. The smallest absolute Gasteiger partial charge is 0.462 e. The van der Waals surface area contributed by atoms with E-state index in [1.165, 1.54) is 186 Å². The Balaban J connectivity index is 5.33. The zero-order valence-electron chi connectivity index (χ0n) is 65.3. The lowest BCUT2D eigenvalue weighted by Gasteiger charge is -2.21. The van der Waals surface area contributed by atoms with Crippen molar-refractivity contribution >= 4 is 39.5 Å². The maximum atomic E-state index is 13.1. The van der Waals surface area contributed by atoms with Crippen molar-refractivity contribution in [1.29, 1.82) is 0 Å². The van der Waals surface area contributed by atoms with Crippen LogP contribution in [0.15, 0.2) is 60.8 Å². The van der Waals surface area contributed by atoms with Gasteiger partial charge in [-0.3, -0.25) is 37.3 Å². The molecule has 0 saturated heterocycles. The van der Waals surface area contributed by atoms with E-state index >= 15 is 0 Å². The number of phosphoric ester groups is 2. The zero-order valence-corrected chi connectivity index (χ0v) is 67.1. The minimum Gasteiger partial charge on any atom is -0.462 e. The summed E-state index contributed by atoms with van der Waals surface area (Å²) >= 11 is 0. The second-order valence-corrected chi connectivity index (χ2v) is 31.0. The molecule has 0 fully saturated rings. The van der Waals surface area contributed by atoms with Crippen molar-refractivity contribution in [2.24, 2.45) is 0 Å². The number of ether oxygens (including phenoxy) is 4. The van der Waals surface area contributed by atoms with Crippen molar-refractivity contribution in [1.82, 2.24) is 0 Å². The molecule has 0 aromatic carbocycles. The molecule has 0 aliphatic carbocycles. The van der Waals surface area contributed by atoms with Crippen LogP contribution in [0.2, 0.25) is 0 Å². The molecule has 0 aliphatic heterocycles. The third kappa shape index (κ3) is 75.0. The van der Waals surface area contributed by atoms with E-state index in [1.807, 2.05) is 0 Å². The number of aliphatic hydroxyl groups is 1. The first kappa shape index (κ1) is 98.8. The first-order chi connectivity index (χ1) is 49.7. The van der Waals surface area contributed by atoms with Gasteiger partial charge in [0.05, 0.1) is 26.4 Å². The summed E-state index contributed by atoms with van der Waals surface area (Å²) in [5, 5.41) is 10.6. The topological polar surface area (TPSA) is 237 Å². The Morgan fingerprint density at radius 2 is 0.510 bits per heavy atom. The van der Waals surface area contributed by atoms with Crippen LogP contribution in [0.3, 0.4) is 0 Å². The quantitative estimate of drug-likeness (QED) is 0.0169. The maximum Gasteiger partial charge on any atom is 0.472 e.